The van der Waals surface area contributed by atoms with Gasteiger partial charge in [0.2, 0.25) is 0 Å². The third kappa shape index (κ3) is 23.9. The Bertz CT molecular complexity index is 404. The summed E-state index contributed by atoms with van der Waals surface area (Å²) in [6.45, 7) is 10.3. The van der Waals surface area contributed by atoms with Gasteiger partial charge in [-0.3, -0.25) is 0 Å². The third-order valence-corrected chi connectivity index (χ3v) is 7.61. The molecule has 0 aliphatic rings. The molecule has 0 aliphatic heterocycles. The van der Waals surface area contributed by atoms with E-state index in [0.717, 1.165) is 12.8 Å². The molecular formula is C25H49ClO2Si. The Morgan fingerprint density at radius 1 is 0.690 bits per heavy atom. The fraction of sp³-hybridized carbons (Fsp3) is 0.880. The first-order chi connectivity index (χ1) is 13.8. The molecule has 0 unspecified atom stereocenters. The summed E-state index contributed by atoms with van der Waals surface area (Å²) in [4.78, 5) is 11.2. The van der Waals surface area contributed by atoms with Gasteiger partial charge >= 0.3 is 5.97 Å². The molecule has 0 fully saturated rings. The van der Waals surface area contributed by atoms with E-state index in [4.69, 9.17) is 15.8 Å². The van der Waals surface area contributed by atoms with Crippen molar-refractivity contribution in [3.63, 3.8) is 0 Å². The first-order valence-corrected chi connectivity index (χ1v) is 16.6. The van der Waals surface area contributed by atoms with E-state index < -0.39 is 7.38 Å². The number of ether oxygens (including phenoxy) is 1. The van der Waals surface area contributed by atoms with Gasteiger partial charge in [-0.2, -0.15) is 11.1 Å². The monoisotopic (exact) mass is 444 g/mol. The zero-order chi connectivity index (χ0) is 21.8. The number of carbonyl (C=O) groups is 1. The Morgan fingerprint density at radius 3 is 1.31 bits per heavy atom. The van der Waals surface area contributed by atoms with Gasteiger partial charge in [0, 0.05) is 5.57 Å². The lowest BCUT2D eigenvalue weighted by Crippen LogP contribution is -2.14. The standard InChI is InChI=1S/C25H49ClO2Si/c1-24(2)25(27)28-22-20-18-16-14-12-10-8-6-5-7-9-11-13-15-17-19-21-23-29(3,4)26/h1,5-23H2,2-4H3. The molecule has 0 aliphatic carbocycles. The highest BCUT2D eigenvalue weighted by atomic mass is 35.6. The van der Waals surface area contributed by atoms with Gasteiger partial charge in [-0.05, 0) is 19.4 Å². The topological polar surface area (TPSA) is 26.3 Å². The number of rotatable bonds is 21. The van der Waals surface area contributed by atoms with Crippen LogP contribution in [0.1, 0.15) is 116 Å². The summed E-state index contributed by atoms with van der Waals surface area (Å²) in [5, 5.41) is 0. The number of carbonyl (C=O) groups excluding carboxylic acids is 1. The molecule has 0 aromatic heterocycles. The number of hydrogen-bond donors (Lipinski definition) is 0. The summed E-state index contributed by atoms with van der Waals surface area (Å²) in [6, 6.07) is 1.28. The Morgan fingerprint density at radius 2 is 1.00 bits per heavy atom. The molecule has 0 heterocycles. The van der Waals surface area contributed by atoms with Gasteiger partial charge in [-0.1, -0.05) is 122 Å². The number of unbranched alkanes of at least 4 members (excludes halogenated alkanes) is 16. The minimum atomic E-state index is -1.32. The van der Waals surface area contributed by atoms with Gasteiger partial charge < -0.3 is 4.74 Å². The molecule has 0 spiro atoms. The van der Waals surface area contributed by atoms with Crippen LogP contribution in [0.15, 0.2) is 12.2 Å². The Labute approximate surface area is 187 Å². The number of esters is 1. The van der Waals surface area contributed by atoms with Crippen molar-refractivity contribution < 1.29 is 9.53 Å². The molecule has 0 rings (SSSR count). The van der Waals surface area contributed by atoms with Gasteiger partial charge in [-0.25, -0.2) is 4.79 Å². The normalized spacial score (nSPS) is 11.6. The minimum absolute atomic E-state index is 0.256. The second-order valence-corrected chi connectivity index (χ2v) is 16.4. The Balaban J connectivity index is 3.10. The smallest absolute Gasteiger partial charge is 0.333 e. The zero-order valence-corrected chi connectivity index (χ0v) is 21.6. The van der Waals surface area contributed by atoms with Crippen molar-refractivity contribution in [1.82, 2.24) is 0 Å². The molecule has 0 saturated carbocycles. The van der Waals surface area contributed by atoms with E-state index in [2.05, 4.69) is 19.7 Å². The fourth-order valence-electron chi connectivity index (χ4n) is 3.59. The van der Waals surface area contributed by atoms with Crippen LogP contribution in [-0.2, 0) is 9.53 Å². The van der Waals surface area contributed by atoms with Crippen LogP contribution in [0.25, 0.3) is 0 Å². The molecule has 4 heteroatoms. The first kappa shape index (κ1) is 28.7. The highest BCUT2D eigenvalue weighted by Crippen LogP contribution is 2.19. The summed E-state index contributed by atoms with van der Waals surface area (Å²) < 4.78 is 5.10. The molecule has 0 amide bonds. The van der Waals surface area contributed by atoms with Crippen molar-refractivity contribution in [2.45, 2.75) is 135 Å². The van der Waals surface area contributed by atoms with E-state index >= 15 is 0 Å². The quantitative estimate of drug-likeness (QED) is 0.0579. The van der Waals surface area contributed by atoms with Gasteiger partial charge in [0.1, 0.15) is 7.38 Å². The molecule has 172 valence electrons. The number of halogens is 1. The van der Waals surface area contributed by atoms with Gasteiger partial charge in [-0.15, -0.1) is 0 Å². The molecule has 2 nitrogen and oxygen atoms in total. The van der Waals surface area contributed by atoms with Crippen LogP contribution in [0.3, 0.4) is 0 Å². The summed E-state index contributed by atoms with van der Waals surface area (Å²) in [5.74, 6) is -0.256. The molecule has 0 aromatic carbocycles. The SMILES string of the molecule is C=C(C)C(=O)OCCCCCCCCCCCCCCCCCCC[Si](C)(C)Cl. The third-order valence-electron chi connectivity index (χ3n) is 5.50. The van der Waals surface area contributed by atoms with Gasteiger partial charge in [0.25, 0.3) is 0 Å². The predicted octanol–water partition coefficient (Wildman–Crippen LogP) is 9.18. The fourth-order valence-corrected chi connectivity index (χ4v) is 5.08. The molecule has 0 atom stereocenters. The van der Waals surface area contributed by atoms with Crippen molar-refractivity contribution in [3.8, 4) is 0 Å². The minimum Gasteiger partial charge on any atom is -0.462 e. The van der Waals surface area contributed by atoms with Crippen molar-refractivity contribution in [1.29, 1.82) is 0 Å². The average Bonchev–Trinajstić information content (AvgIpc) is 2.65. The molecule has 0 bridgehead atoms. The molecule has 0 saturated heterocycles. The van der Waals surface area contributed by atoms with E-state index in [0.29, 0.717) is 12.2 Å². The van der Waals surface area contributed by atoms with Crippen LogP contribution in [-0.4, -0.2) is 20.0 Å². The molecular weight excluding hydrogens is 396 g/mol. The average molecular weight is 445 g/mol. The molecule has 0 radical (unpaired) electrons. The maximum atomic E-state index is 11.2. The van der Waals surface area contributed by atoms with Gasteiger partial charge in [0.05, 0.1) is 6.61 Å². The summed E-state index contributed by atoms with van der Waals surface area (Å²) in [6.07, 6.45) is 22.9. The lowest BCUT2D eigenvalue weighted by molar-refractivity contribution is -0.139. The highest BCUT2D eigenvalue weighted by Gasteiger charge is 2.15. The lowest BCUT2D eigenvalue weighted by atomic mass is 10.0. The maximum absolute atomic E-state index is 11.2. The van der Waals surface area contributed by atoms with Crippen LogP contribution in [0.5, 0.6) is 0 Å². The maximum Gasteiger partial charge on any atom is 0.333 e. The summed E-state index contributed by atoms with van der Waals surface area (Å²) in [5.41, 5.74) is 0.490. The molecule has 0 aromatic rings. The predicted molar refractivity (Wildman–Crippen MR) is 132 cm³/mol. The second-order valence-electron chi connectivity index (χ2n) is 9.40. The largest absolute Gasteiger partial charge is 0.462 e. The highest BCUT2D eigenvalue weighted by molar-refractivity contribution is 7.19. The Hall–Kier alpha value is -0.283. The van der Waals surface area contributed by atoms with Crippen molar-refractivity contribution in [3.05, 3.63) is 12.2 Å². The van der Waals surface area contributed by atoms with Crippen molar-refractivity contribution in [2.24, 2.45) is 0 Å². The van der Waals surface area contributed by atoms with Crippen LogP contribution in [0.2, 0.25) is 19.1 Å². The summed E-state index contributed by atoms with van der Waals surface area (Å²) in [7, 11) is -1.32. The van der Waals surface area contributed by atoms with Crippen molar-refractivity contribution >= 4 is 24.4 Å². The second kappa shape index (κ2) is 19.7. The zero-order valence-electron chi connectivity index (χ0n) is 19.8. The lowest BCUT2D eigenvalue weighted by Gasteiger charge is -2.11. The van der Waals surface area contributed by atoms with E-state index in [1.165, 1.54) is 102 Å². The van der Waals surface area contributed by atoms with Crippen LogP contribution in [0, 0.1) is 0 Å². The van der Waals surface area contributed by atoms with Crippen molar-refractivity contribution in [2.75, 3.05) is 6.61 Å². The van der Waals surface area contributed by atoms with Crippen LogP contribution < -0.4 is 0 Å². The van der Waals surface area contributed by atoms with E-state index in [1.54, 1.807) is 6.92 Å². The molecule has 0 N–H and O–H groups in total. The van der Waals surface area contributed by atoms with Crippen LogP contribution >= 0.6 is 11.1 Å². The first-order valence-electron chi connectivity index (χ1n) is 12.3. The van der Waals surface area contributed by atoms with Crippen LogP contribution in [0.4, 0.5) is 0 Å². The summed E-state index contributed by atoms with van der Waals surface area (Å²) >= 11 is 6.35. The molecule has 29 heavy (non-hydrogen) atoms. The van der Waals surface area contributed by atoms with E-state index in [-0.39, 0.29) is 5.97 Å². The Kier molecular flexibility index (Phi) is 19.5. The number of hydrogen-bond acceptors (Lipinski definition) is 2. The van der Waals surface area contributed by atoms with E-state index in [1.807, 2.05) is 0 Å². The van der Waals surface area contributed by atoms with E-state index in [9.17, 15) is 4.79 Å². The van der Waals surface area contributed by atoms with Gasteiger partial charge in [0.15, 0.2) is 0 Å².